The van der Waals surface area contributed by atoms with E-state index in [1.54, 1.807) is 18.0 Å². The lowest BCUT2D eigenvalue weighted by Crippen LogP contribution is -2.42. The molecular weight excluding hydrogens is 400 g/mol. The molecule has 1 aliphatic carbocycles. The van der Waals surface area contributed by atoms with Crippen LogP contribution in [0.25, 0.3) is 10.9 Å². The first-order chi connectivity index (χ1) is 14.7. The lowest BCUT2D eigenvalue weighted by atomic mass is 9.78. The van der Waals surface area contributed by atoms with Crippen LogP contribution in [-0.2, 0) is 12.3 Å². The van der Waals surface area contributed by atoms with Crippen molar-refractivity contribution in [3.8, 4) is 5.75 Å². The normalized spacial score (nSPS) is 26.7. The summed E-state index contributed by atoms with van der Waals surface area (Å²) in [5.41, 5.74) is 0.947. The fourth-order valence-corrected chi connectivity index (χ4v) is 5.15. The zero-order valence-electron chi connectivity index (χ0n) is 17.0. The van der Waals surface area contributed by atoms with Gasteiger partial charge in [0.2, 0.25) is 5.89 Å². The molecule has 1 aromatic carbocycles. The molecule has 0 unspecified atom stereocenters. The fraction of sp³-hybridized carbons (Fsp3) is 0.500. The van der Waals surface area contributed by atoms with Crippen molar-refractivity contribution in [2.45, 2.75) is 37.3 Å². The van der Waals surface area contributed by atoms with E-state index in [0.717, 1.165) is 54.2 Å². The highest BCUT2D eigenvalue weighted by Gasteiger charge is 2.43. The lowest BCUT2D eigenvalue weighted by molar-refractivity contribution is -0.0230. The molecule has 158 valence electrons. The number of nitrogens with zero attached hydrogens (tertiary/aromatic N) is 4. The molecule has 0 radical (unpaired) electrons. The largest absolute Gasteiger partial charge is 0.488 e. The van der Waals surface area contributed by atoms with Gasteiger partial charge in [-0.05, 0) is 55.2 Å². The number of fused-ring (bicyclic) bond motifs is 2. The molecule has 1 aliphatic heterocycles. The minimum Gasteiger partial charge on any atom is -0.488 e. The lowest BCUT2D eigenvalue weighted by Gasteiger charge is -2.35. The van der Waals surface area contributed by atoms with Crippen molar-refractivity contribution in [1.29, 1.82) is 0 Å². The number of pyridine rings is 1. The molecule has 2 aromatic heterocycles. The summed E-state index contributed by atoms with van der Waals surface area (Å²) in [6.45, 7) is 2.60. The maximum absolute atomic E-state index is 10.7. The SMILES string of the molecule is CSCc1noc(CN2C[C@H]3C[C@@H](Oc4ccc5ncccc5c4)[C@H](O)C[C@H]3C2)n1. The van der Waals surface area contributed by atoms with E-state index in [1.807, 2.05) is 36.6 Å². The molecule has 0 amide bonds. The Labute approximate surface area is 179 Å². The summed E-state index contributed by atoms with van der Waals surface area (Å²) >= 11 is 1.68. The number of hydrogen-bond donors (Lipinski definition) is 1. The van der Waals surface area contributed by atoms with Gasteiger partial charge in [0.25, 0.3) is 0 Å². The van der Waals surface area contributed by atoms with E-state index in [-0.39, 0.29) is 6.10 Å². The number of hydrogen-bond acceptors (Lipinski definition) is 8. The molecule has 1 N–H and O–H groups in total. The highest BCUT2D eigenvalue weighted by Crippen LogP contribution is 2.38. The Balaban J connectivity index is 1.21. The molecule has 30 heavy (non-hydrogen) atoms. The summed E-state index contributed by atoms with van der Waals surface area (Å²) in [5.74, 6) is 3.98. The molecule has 8 heteroatoms. The summed E-state index contributed by atoms with van der Waals surface area (Å²) in [6, 6.07) is 9.86. The van der Waals surface area contributed by atoms with Gasteiger partial charge in [-0.25, -0.2) is 0 Å². The standard InChI is InChI=1S/C22H26N4O3S/c1-30-13-21-24-22(29-25-21)12-26-10-15-8-19(27)20(9-16(15)11-26)28-17-4-5-18-14(7-17)3-2-6-23-18/h2-7,15-16,19-20,27H,8-13H2,1H3/t15-,16+,19+,20+/m0/s1. The van der Waals surface area contributed by atoms with Crippen LogP contribution in [0.15, 0.2) is 41.1 Å². The Hall–Kier alpha value is -2.16. The van der Waals surface area contributed by atoms with E-state index in [1.165, 1.54) is 0 Å². The van der Waals surface area contributed by atoms with Gasteiger partial charge < -0.3 is 14.4 Å². The Morgan fingerprint density at radius 1 is 1.23 bits per heavy atom. The quantitative estimate of drug-likeness (QED) is 0.644. The first-order valence-corrected chi connectivity index (χ1v) is 11.8. The maximum Gasteiger partial charge on any atom is 0.240 e. The Morgan fingerprint density at radius 3 is 2.97 bits per heavy atom. The third kappa shape index (κ3) is 4.17. The van der Waals surface area contributed by atoms with Crippen molar-refractivity contribution >= 4 is 22.7 Å². The summed E-state index contributed by atoms with van der Waals surface area (Å²) in [7, 11) is 0. The second-order valence-corrected chi connectivity index (χ2v) is 9.17. The molecule has 1 saturated carbocycles. The van der Waals surface area contributed by atoms with Gasteiger partial charge in [0, 0.05) is 24.7 Å². The van der Waals surface area contributed by atoms with Crippen LogP contribution in [0.2, 0.25) is 0 Å². The van der Waals surface area contributed by atoms with E-state index in [4.69, 9.17) is 9.26 Å². The van der Waals surface area contributed by atoms with Gasteiger partial charge >= 0.3 is 0 Å². The molecule has 5 rings (SSSR count). The number of thioether (sulfide) groups is 1. The topological polar surface area (TPSA) is 84.5 Å². The van der Waals surface area contributed by atoms with Crippen LogP contribution in [0, 0.1) is 11.8 Å². The summed E-state index contributed by atoms with van der Waals surface area (Å²) in [6.07, 6.45) is 4.80. The minimum atomic E-state index is -0.451. The van der Waals surface area contributed by atoms with Crippen molar-refractivity contribution in [3.05, 3.63) is 48.2 Å². The smallest absolute Gasteiger partial charge is 0.240 e. The average molecular weight is 427 g/mol. The molecule has 3 heterocycles. The van der Waals surface area contributed by atoms with Gasteiger partial charge in [0.15, 0.2) is 5.82 Å². The van der Waals surface area contributed by atoms with E-state index in [9.17, 15) is 5.11 Å². The van der Waals surface area contributed by atoms with Crippen molar-refractivity contribution in [2.75, 3.05) is 19.3 Å². The third-order valence-electron chi connectivity index (χ3n) is 6.16. The molecule has 7 nitrogen and oxygen atoms in total. The van der Waals surface area contributed by atoms with Gasteiger partial charge in [0.1, 0.15) is 11.9 Å². The van der Waals surface area contributed by atoms with E-state index >= 15 is 0 Å². The second-order valence-electron chi connectivity index (χ2n) is 8.30. The number of aromatic nitrogens is 3. The van der Waals surface area contributed by atoms with Crippen LogP contribution in [0.4, 0.5) is 0 Å². The molecular formula is C22H26N4O3S. The molecule has 2 fully saturated rings. The maximum atomic E-state index is 10.7. The molecule has 0 spiro atoms. The van der Waals surface area contributed by atoms with E-state index in [0.29, 0.717) is 24.3 Å². The second kappa shape index (κ2) is 8.53. The van der Waals surface area contributed by atoms with Gasteiger partial charge in [0.05, 0.1) is 23.9 Å². The van der Waals surface area contributed by atoms with E-state index in [2.05, 4.69) is 20.0 Å². The molecule has 0 bridgehead atoms. The number of ether oxygens (including phenoxy) is 1. The van der Waals surface area contributed by atoms with Crippen LogP contribution in [0.3, 0.4) is 0 Å². The summed E-state index contributed by atoms with van der Waals surface area (Å²) in [5, 5.41) is 15.8. The fourth-order valence-electron chi connectivity index (χ4n) is 4.78. The van der Waals surface area contributed by atoms with Crippen molar-refractivity contribution in [3.63, 3.8) is 0 Å². The van der Waals surface area contributed by atoms with E-state index < -0.39 is 6.10 Å². The van der Waals surface area contributed by atoms with Crippen LogP contribution >= 0.6 is 11.8 Å². The molecule has 1 saturated heterocycles. The Morgan fingerprint density at radius 2 is 2.10 bits per heavy atom. The number of likely N-dealkylation sites (tertiary alicyclic amines) is 1. The zero-order valence-corrected chi connectivity index (χ0v) is 17.8. The highest BCUT2D eigenvalue weighted by atomic mass is 32.2. The Bertz CT molecular complexity index is 1010. The number of aliphatic hydroxyl groups excluding tert-OH is 1. The number of aliphatic hydroxyl groups is 1. The summed E-state index contributed by atoms with van der Waals surface area (Å²) in [4.78, 5) is 11.2. The first kappa shape index (κ1) is 19.8. The predicted molar refractivity (Wildman–Crippen MR) is 115 cm³/mol. The van der Waals surface area contributed by atoms with Crippen molar-refractivity contribution in [1.82, 2.24) is 20.0 Å². The van der Waals surface area contributed by atoms with Crippen molar-refractivity contribution in [2.24, 2.45) is 11.8 Å². The first-order valence-electron chi connectivity index (χ1n) is 10.4. The average Bonchev–Trinajstić information content (AvgIpc) is 3.34. The molecule has 3 aromatic rings. The monoisotopic (exact) mass is 426 g/mol. The number of benzene rings is 1. The highest BCUT2D eigenvalue weighted by molar-refractivity contribution is 7.97. The predicted octanol–water partition coefficient (Wildman–Crippen LogP) is 3.13. The van der Waals surface area contributed by atoms with Crippen LogP contribution in [-0.4, -0.2) is 56.7 Å². The van der Waals surface area contributed by atoms with Crippen LogP contribution < -0.4 is 4.74 Å². The number of rotatable bonds is 6. The summed E-state index contributed by atoms with van der Waals surface area (Å²) < 4.78 is 11.6. The van der Waals surface area contributed by atoms with Gasteiger partial charge in [-0.15, -0.1) is 0 Å². The van der Waals surface area contributed by atoms with Gasteiger partial charge in [-0.1, -0.05) is 11.2 Å². The third-order valence-corrected chi connectivity index (χ3v) is 6.71. The molecule has 4 atom stereocenters. The van der Waals surface area contributed by atoms with Crippen LogP contribution in [0.1, 0.15) is 24.6 Å². The minimum absolute atomic E-state index is 0.183. The van der Waals surface area contributed by atoms with Crippen LogP contribution in [0.5, 0.6) is 5.75 Å². The molecule has 2 aliphatic rings. The van der Waals surface area contributed by atoms with Gasteiger partial charge in [-0.2, -0.15) is 16.7 Å². The zero-order chi connectivity index (χ0) is 20.5. The van der Waals surface area contributed by atoms with Gasteiger partial charge in [-0.3, -0.25) is 9.88 Å². The van der Waals surface area contributed by atoms with Crippen molar-refractivity contribution < 1.29 is 14.4 Å². The Kier molecular flexibility index (Phi) is 5.62.